The van der Waals surface area contributed by atoms with Gasteiger partial charge in [0.15, 0.2) is 0 Å². The van der Waals surface area contributed by atoms with Crippen molar-refractivity contribution in [1.29, 1.82) is 0 Å². The molecule has 0 aromatic heterocycles. The van der Waals surface area contributed by atoms with Crippen molar-refractivity contribution >= 4 is 17.7 Å². The molecule has 10 nitrogen and oxygen atoms in total. The first-order valence-corrected chi connectivity index (χ1v) is 24.1. The van der Waals surface area contributed by atoms with Crippen LogP contribution in [0.2, 0.25) is 0 Å². The lowest BCUT2D eigenvalue weighted by molar-refractivity contribution is -0.140. The molecule has 318 valence electrons. The molecule has 7 aliphatic rings. The van der Waals surface area contributed by atoms with Gasteiger partial charge in [-0.25, -0.2) is 0 Å². The second-order valence-corrected chi connectivity index (χ2v) is 20.0. The van der Waals surface area contributed by atoms with Gasteiger partial charge in [0.25, 0.3) is 0 Å². The zero-order valence-corrected chi connectivity index (χ0v) is 35.5. The van der Waals surface area contributed by atoms with Crippen LogP contribution in [0.5, 0.6) is 0 Å². The van der Waals surface area contributed by atoms with Gasteiger partial charge in [-0.15, -0.1) is 0 Å². The van der Waals surface area contributed by atoms with Gasteiger partial charge >= 0.3 is 0 Å². The Hall–Kier alpha value is -1.75. The van der Waals surface area contributed by atoms with Crippen molar-refractivity contribution < 1.29 is 19.2 Å². The van der Waals surface area contributed by atoms with Crippen molar-refractivity contribution in [2.24, 2.45) is 23.7 Å². The molecule has 0 radical (unpaired) electrons. The summed E-state index contributed by atoms with van der Waals surface area (Å²) in [5, 5.41) is 14.6. The number of rotatable bonds is 12. The fourth-order valence-corrected chi connectivity index (χ4v) is 12.9. The van der Waals surface area contributed by atoms with Crippen LogP contribution in [0, 0.1) is 23.7 Å². The average Bonchev–Trinajstić information content (AvgIpc) is 3.90. The highest BCUT2D eigenvalue weighted by Gasteiger charge is 2.52. The maximum Gasteiger partial charge on any atom is 0.243 e. The number of nitrogens with zero attached hydrogens (tertiary/aromatic N) is 1. The van der Waals surface area contributed by atoms with Crippen LogP contribution < -0.4 is 26.7 Å². The lowest BCUT2D eigenvalue weighted by Gasteiger charge is -2.41. The molecule has 7 atom stereocenters. The third-order valence-electron chi connectivity index (χ3n) is 16.0. The van der Waals surface area contributed by atoms with E-state index in [9.17, 15) is 14.4 Å². The van der Waals surface area contributed by atoms with Crippen molar-refractivity contribution in [3.8, 4) is 0 Å². The van der Waals surface area contributed by atoms with Crippen LogP contribution in [0.15, 0.2) is 0 Å². The summed E-state index contributed by atoms with van der Waals surface area (Å²) in [4.78, 5) is 51.9. The summed E-state index contributed by atoms with van der Waals surface area (Å²) >= 11 is 0. The molecule has 3 aliphatic heterocycles. The van der Waals surface area contributed by atoms with Gasteiger partial charge in [-0.1, -0.05) is 109 Å². The molecule has 56 heavy (non-hydrogen) atoms. The normalized spacial score (nSPS) is 34.7. The van der Waals surface area contributed by atoms with Gasteiger partial charge in [-0.05, 0) is 95.3 Å². The zero-order valence-electron chi connectivity index (χ0n) is 35.5. The lowest BCUT2D eigenvalue weighted by Crippen LogP contribution is -2.63. The van der Waals surface area contributed by atoms with E-state index >= 15 is 0 Å². The second-order valence-electron chi connectivity index (χ2n) is 20.0. The average molecular weight is 781 g/mol. The Morgan fingerprint density at radius 2 is 1.32 bits per heavy atom. The molecule has 7 rings (SSSR count). The Bertz CT molecular complexity index is 1270. The molecule has 3 heterocycles. The Balaban J connectivity index is 1.08. The van der Waals surface area contributed by atoms with Gasteiger partial charge < -0.3 is 15.5 Å². The molecule has 3 saturated heterocycles. The topological polar surface area (TPSA) is 124 Å². The van der Waals surface area contributed by atoms with Gasteiger partial charge in [0, 0.05) is 31.1 Å². The number of likely N-dealkylation sites (tertiary alicyclic amines) is 1. The minimum absolute atomic E-state index is 0.00663. The maximum atomic E-state index is 14.8. The maximum absolute atomic E-state index is 14.8. The van der Waals surface area contributed by atoms with Crippen molar-refractivity contribution in [3.63, 3.8) is 0 Å². The zero-order chi connectivity index (χ0) is 39.0. The van der Waals surface area contributed by atoms with Crippen molar-refractivity contribution in [3.05, 3.63) is 0 Å². The summed E-state index contributed by atoms with van der Waals surface area (Å²) < 4.78 is 0. The minimum Gasteiger partial charge on any atom is -0.349 e. The van der Waals surface area contributed by atoms with E-state index in [-0.39, 0.29) is 60.0 Å². The van der Waals surface area contributed by atoms with E-state index in [1.165, 1.54) is 128 Å². The van der Waals surface area contributed by atoms with Crippen LogP contribution in [-0.4, -0.2) is 77.2 Å². The van der Waals surface area contributed by atoms with Crippen LogP contribution >= 0.6 is 0 Å². The largest absolute Gasteiger partial charge is 0.349 e. The summed E-state index contributed by atoms with van der Waals surface area (Å²) in [7, 11) is 0. The Labute approximate surface area is 339 Å². The number of hydroxylamine groups is 1. The standard InChI is InChI=1S/C46H80N6O4/c1-33-30-46(51-56-33,38-25-16-4-3-5-17-26-38)44(55)49-39(29-41(53)52-28-18-27-40(52)36-21-12-9-13-22-36)43(54)48-34(2)42-47-32-45(50-42,31-35-19-10-8-11-20-35)37-23-14-6-7-15-24-37/h33-40,42,47,50-51H,3-32H2,1-2H3,(H,48,54)(H,49,55)/t33?,34-,39-,40+,42?,45?,46?/m0/s1. The van der Waals surface area contributed by atoms with Gasteiger partial charge in [0.2, 0.25) is 17.7 Å². The molecule has 4 unspecified atom stereocenters. The number of nitrogens with one attached hydrogen (secondary N) is 5. The summed E-state index contributed by atoms with van der Waals surface area (Å²) in [5.41, 5.74) is 2.38. The predicted octanol–water partition coefficient (Wildman–Crippen LogP) is 7.55. The Kier molecular flexibility index (Phi) is 15.1. The van der Waals surface area contributed by atoms with Crippen molar-refractivity contribution in [2.45, 2.75) is 235 Å². The summed E-state index contributed by atoms with van der Waals surface area (Å²) in [6.07, 6.45) is 32.1. The van der Waals surface area contributed by atoms with Crippen molar-refractivity contribution in [1.82, 2.24) is 31.6 Å². The number of hydrogen-bond donors (Lipinski definition) is 5. The highest BCUT2D eigenvalue weighted by molar-refractivity contribution is 5.95. The molecular weight excluding hydrogens is 701 g/mol. The van der Waals surface area contributed by atoms with E-state index in [1.54, 1.807) is 0 Å². The third-order valence-corrected chi connectivity index (χ3v) is 16.0. The van der Waals surface area contributed by atoms with Gasteiger partial charge in [0.05, 0.1) is 24.7 Å². The quantitative estimate of drug-likeness (QED) is 0.130. The lowest BCUT2D eigenvalue weighted by atomic mass is 9.71. The molecule has 4 aliphatic carbocycles. The first-order chi connectivity index (χ1) is 27.3. The van der Waals surface area contributed by atoms with Crippen molar-refractivity contribution in [2.75, 3.05) is 13.1 Å². The smallest absolute Gasteiger partial charge is 0.243 e. The molecule has 0 aromatic rings. The van der Waals surface area contributed by atoms with Crippen LogP contribution in [0.25, 0.3) is 0 Å². The molecule has 0 bridgehead atoms. The van der Waals surface area contributed by atoms with E-state index in [0.29, 0.717) is 18.3 Å². The molecule has 7 fully saturated rings. The molecule has 0 spiro atoms. The second kappa shape index (κ2) is 20.0. The third kappa shape index (κ3) is 10.2. The fraction of sp³-hybridized carbons (Fsp3) is 0.935. The van der Waals surface area contributed by atoms with Gasteiger partial charge in [0.1, 0.15) is 11.6 Å². The van der Waals surface area contributed by atoms with E-state index < -0.39 is 11.6 Å². The molecule has 10 heteroatoms. The number of amides is 3. The Morgan fingerprint density at radius 1 is 0.732 bits per heavy atom. The molecule has 5 N–H and O–H groups in total. The monoisotopic (exact) mass is 781 g/mol. The van der Waals surface area contributed by atoms with E-state index in [4.69, 9.17) is 4.84 Å². The van der Waals surface area contributed by atoms with Crippen LogP contribution in [0.1, 0.15) is 194 Å². The highest BCUT2D eigenvalue weighted by atomic mass is 16.7. The van der Waals surface area contributed by atoms with E-state index in [2.05, 4.69) is 38.6 Å². The fourth-order valence-electron chi connectivity index (χ4n) is 12.9. The van der Waals surface area contributed by atoms with E-state index in [0.717, 1.165) is 57.5 Å². The first kappa shape index (κ1) is 42.4. The summed E-state index contributed by atoms with van der Waals surface area (Å²) in [6, 6.07) is -0.921. The minimum atomic E-state index is -0.955. The van der Waals surface area contributed by atoms with Gasteiger partial charge in [-0.2, -0.15) is 5.48 Å². The van der Waals surface area contributed by atoms with Crippen LogP contribution in [0.4, 0.5) is 0 Å². The number of hydrogen-bond acceptors (Lipinski definition) is 7. The van der Waals surface area contributed by atoms with Crippen LogP contribution in [-0.2, 0) is 19.2 Å². The van der Waals surface area contributed by atoms with E-state index in [1.807, 2.05) is 6.92 Å². The Morgan fingerprint density at radius 3 is 1.96 bits per heavy atom. The predicted molar refractivity (Wildman–Crippen MR) is 222 cm³/mol. The first-order valence-electron chi connectivity index (χ1n) is 24.1. The van der Waals surface area contributed by atoms with Gasteiger partial charge in [-0.3, -0.25) is 29.9 Å². The number of carbonyl (C=O) groups excluding carboxylic acids is 3. The molecule has 0 aromatic carbocycles. The number of carbonyl (C=O) groups is 3. The molecule has 3 amide bonds. The summed E-state index contributed by atoms with van der Waals surface area (Å²) in [5.74, 6) is 1.64. The highest BCUT2D eigenvalue weighted by Crippen LogP contribution is 2.42. The SMILES string of the molecule is CC1CC(C(=O)N[C@@H](CC(=O)N2CCC[C@@H]2C2CCCCC2)C(=O)N[C@@H](C)C2NCC(CC3CCCCC3)(C3CCCCCC3)N2)(C2CCCCCCC2)NO1. The molecular formula is C46H80N6O4. The molecule has 4 saturated carbocycles. The summed E-state index contributed by atoms with van der Waals surface area (Å²) in [6.45, 7) is 5.79. The van der Waals surface area contributed by atoms with Crippen LogP contribution in [0.3, 0.4) is 0 Å².